The Morgan fingerprint density at radius 2 is 1.78 bits per heavy atom. The lowest BCUT2D eigenvalue weighted by atomic mass is 9.87. The van der Waals surface area contributed by atoms with Gasteiger partial charge in [-0.15, -0.1) is 0 Å². The molecule has 5 rings (SSSR count). The normalized spacial score (nSPS) is 18.9. The molecule has 0 bridgehead atoms. The van der Waals surface area contributed by atoms with Crippen LogP contribution in [-0.2, 0) is 10.2 Å². The van der Waals surface area contributed by atoms with E-state index in [2.05, 4.69) is 35.8 Å². The Bertz CT molecular complexity index is 1310. The average Bonchev–Trinajstić information content (AvgIpc) is 3.53. The van der Waals surface area contributed by atoms with E-state index in [0.29, 0.717) is 23.3 Å². The molecule has 3 aromatic rings. The zero-order chi connectivity index (χ0) is 27.2. The van der Waals surface area contributed by atoms with E-state index in [1.165, 1.54) is 12.1 Å². The molecule has 0 spiro atoms. The minimum atomic E-state index is -0.428. The molecule has 198 valence electrons. The highest BCUT2D eigenvalue weighted by Gasteiger charge is 2.54. The number of hydrogen-bond acceptors (Lipinski definition) is 6. The number of hydrogen-bond donors (Lipinski definition) is 1. The molecule has 2 aliphatic rings. The molecule has 1 aliphatic carbocycles. The third-order valence-electron chi connectivity index (χ3n) is 7.59. The fourth-order valence-electron chi connectivity index (χ4n) is 4.60. The second kappa shape index (κ2) is 9.61. The van der Waals surface area contributed by atoms with E-state index in [-0.39, 0.29) is 29.3 Å². The number of nitrogens with zero attached hydrogens (tertiary/aromatic N) is 5. The quantitative estimate of drug-likeness (QED) is 0.540. The second-order valence-corrected chi connectivity index (χ2v) is 11.6. The maximum atomic E-state index is 13.1. The van der Waals surface area contributed by atoms with Crippen LogP contribution in [0.4, 0.5) is 4.39 Å². The maximum absolute atomic E-state index is 13.1. The smallest absolute Gasteiger partial charge is 0.243 e. The summed E-state index contributed by atoms with van der Waals surface area (Å²) in [4.78, 5) is 31.6. The first kappa shape index (κ1) is 26.9. The van der Waals surface area contributed by atoms with Crippen LogP contribution < -0.4 is 0 Å². The van der Waals surface area contributed by atoms with Crippen molar-refractivity contribution >= 4 is 17.8 Å². The van der Waals surface area contributed by atoms with Crippen LogP contribution >= 0.6 is 0 Å². The summed E-state index contributed by atoms with van der Waals surface area (Å²) in [6.45, 7) is 11.9. The van der Waals surface area contributed by atoms with Crippen molar-refractivity contribution in [2.75, 3.05) is 26.7 Å². The Morgan fingerprint density at radius 3 is 2.32 bits per heavy atom. The van der Waals surface area contributed by atoms with Crippen LogP contribution in [-0.4, -0.2) is 79.5 Å². The fourth-order valence-corrected chi connectivity index (χ4v) is 4.60. The van der Waals surface area contributed by atoms with Crippen molar-refractivity contribution in [1.82, 2.24) is 24.4 Å². The number of aromatic nitrogens is 3. The van der Waals surface area contributed by atoms with Gasteiger partial charge in [0.1, 0.15) is 11.5 Å². The Morgan fingerprint density at radius 1 is 1.14 bits per heavy atom. The van der Waals surface area contributed by atoms with E-state index in [9.17, 15) is 19.1 Å². The SMILES string of the molecule is CC(C)(C)c1cc(-c2ccc(F)cc2)nn2cc(C=O)nc12.CN1CCN(C2(CO)CC2)C(=O)C1(C)C. The molecule has 1 N–H and O–H groups in total. The standard InChI is InChI=1S/C17H16FN3O.C11H20N2O2/c1-17(2,3)14-8-15(11-4-6-12(18)7-5-11)20-21-9-13(10-22)19-16(14)21;1-10(2)9(15)13(7-6-12(10)3)11(8-14)4-5-11/h4-10H,1-3H3;14H,4-8H2,1-3H3. The molecule has 1 saturated heterocycles. The van der Waals surface area contributed by atoms with Gasteiger partial charge in [0.15, 0.2) is 11.9 Å². The van der Waals surface area contributed by atoms with Crippen molar-refractivity contribution in [3.63, 3.8) is 0 Å². The van der Waals surface area contributed by atoms with Gasteiger partial charge in [0.25, 0.3) is 0 Å². The average molecular weight is 510 g/mol. The van der Waals surface area contributed by atoms with E-state index >= 15 is 0 Å². The van der Waals surface area contributed by atoms with Gasteiger partial charge in [0.05, 0.1) is 29.6 Å². The summed E-state index contributed by atoms with van der Waals surface area (Å²) >= 11 is 0. The van der Waals surface area contributed by atoms with Crippen LogP contribution in [0.3, 0.4) is 0 Å². The molecular weight excluding hydrogens is 473 g/mol. The molecule has 0 atom stereocenters. The van der Waals surface area contributed by atoms with Crippen LogP contribution in [0.5, 0.6) is 0 Å². The molecule has 0 radical (unpaired) electrons. The van der Waals surface area contributed by atoms with Gasteiger partial charge < -0.3 is 10.0 Å². The molecule has 1 aromatic carbocycles. The molecule has 1 amide bonds. The highest BCUT2D eigenvalue weighted by Crippen LogP contribution is 2.43. The zero-order valence-electron chi connectivity index (χ0n) is 22.5. The first-order valence-electron chi connectivity index (χ1n) is 12.6. The van der Waals surface area contributed by atoms with Gasteiger partial charge in [-0.3, -0.25) is 14.5 Å². The predicted octanol–water partition coefficient (Wildman–Crippen LogP) is 3.71. The fraction of sp³-hybridized carbons (Fsp3) is 0.500. The van der Waals surface area contributed by atoms with Crippen LogP contribution in [0.15, 0.2) is 36.5 Å². The zero-order valence-corrected chi connectivity index (χ0v) is 22.5. The summed E-state index contributed by atoms with van der Waals surface area (Å²) in [7, 11) is 1.98. The van der Waals surface area contributed by atoms with E-state index in [1.54, 1.807) is 22.8 Å². The lowest BCUT2D eigenvalue weighted by molar-refractivity contribution is -0.152. The molecule has 9 heteroatoms. The van der Waals surface area contributed by atoms with Gasteiger partial charge in [-0.1, -0.05) is 20.8 Å². The van der Waals surface area contributed by atoms with Crippen LogP contribution in [0.2, 0.25) is 0 Å². The predicted molar refractivity (Wildman–Crippen MR) is 140 cm³/mol. The summed E-state index contributed by atoms with van der Waals surface area (Å²) in [5, 5.41) is 13.8. The first-order valence-corrected chi connectivity index (χ1v) is 12.6. The molecule has 2 fully saturated rings. The van der Waals surface area contributed by atoms with Crippen molar-refractivity contribution in [1.29, 1.82) is 0 Å². The van der Waals surface area contributed by atoms with E-state index < -0.39 is 5.54 Å². The molecular formula is C28H36FN5O3. The van der Waals surface area contributed by atoms with Gasteiger partial charge in [-0.2, -0.15) is 5.10 Å². The number of benzene rings is 1. The van der Waals surface area contributed by atoms with Crippen LogP contribution in [0.25, 0.3) is 16.9 Å². The summed E-state index contributed by atoms with van der Waals surface area (Å²) in [5.74, 6) is -0.130. The molecule has 37 heavy (non-hydrogen) atoms. The summed E-state index contributed by atoms with van der Waals surface area (Å²) in [6.07, 6.45) is 4.22. The van der Waals surface area contributed by atoms with E-state index in [0.717, 1.165) is 37.1 Å². The Labute approximate surface area is 217 Å². The lowest BCUT2D eigenvalue weighted by Crippen LogP contribution is -2.65. The maximum Gasteiger partial charge on any atom is 0.243 e. The van der Waals surface area contributed by atoms with E-state index in [4.69, 9.17) is 0 Å². The highest BCUT2D eigenvalue weighted by molar-refractivity contribution is 5.87. The number of carbonyl (C=O) groups is 2. The summed E-state index contributed by atoms with van der Waals surface area (Å²) in [5.41, 5.74) is 2.72. The Balaban J connectivity index is 0.000000186. The number of amides is 1. The summed E-state index contributed by atoms with van der Waals surface area (Å²) < 4.78 is 14.7. The number of imidazole rings is 1. The molecule has 2 aromatic heterocycles. The molecule has 3 heterocycles. The molecule has 0 unspecified atom stereocenters. The van der Waals surface area contributed by atoms with Gasteiger partial charge in [0.2, 0.25) is 5.91 Å². The highest BCUT2D eigenvalue weighted by atomic mass is 19.1. The largest absolute Gasteiger partial charge is 0.394 e. The van der Waals surface area contributed by atoms with Crippen molar-refractivity contribution in [2.24, 2.45) is 0 Å². The number of aliphatic hydroxyl groups is 1. The number of rotatable bonds is 4. The van der Waals surface area contributed by atoms with Crippen molar-refractivity contribution < 1.29 is 19.1 Å². The van der Waals surface area contributed by atoms with Crippen molar-refractivity contribution in [2.45, 2.75) is 64.0 Å². The molecule has 8 nitrogen and oxygen atoms in total. The van der Waals surface area contributed by atoms with Gasteiger partial charge in [-0.05, 0) is 69.5 Å². The number of halogens is 1. The Hall–Kier alpha value is -3.17. The van der Waals surface area contributed by atoms with Gasteiger partial charge >= 0.3 is 0 Å². The third-order valence-corrected chi connectivity index (χ3v) is 7.59. The first-order chi connectivity index (χ1) is 17.3. The van der Waals surface area contributed by atoms with Crippen LogP contribution in [0.1, 0.15) is 63.5 Å². The van der Waals surface area contributed by atoms with Crippen molar-refractivity contribution in [3.05, 3.63) is 53.6 Å². The number of aliphatic hydroxyl groups excluding tert-OH is 1. The number of likely N-dealkylation sites (N-methyl/N-ethyl adjacent to an activating group) is 1. The number of piperazine rings is 1. The molecule has 1 aliphatic heterocycles. The third kappa shape index (κ3) is 5.15. The second-order valence-electron chi connectivity index (χ2n) is 11.6. The van der Waals surface area contributed by atoms with Crippen LogP contribution in [0, 0.1) is 5.82 Å². The number of aldehydes is 1. The molecule has 1 saturated carbocycles. The van der Waals surface area contributed by atoms with Gasteiger partial charge in [0, 0.05) is 24.2 Å². The minimum absolute atomic E-state index is 0.110. The van der Waals surface area contributed by atoms with Crippen molar-refractivity contribution in [3.8, 4) is 11.3 Å². The van der Waals surface area contributed by atoms with E-state index in [1.807, 2.05) is 31.9 Å². The number of fused-ring (bicyclic) bond motifs is 1. The minimum Gasteiger partial charge on any atom is -0.394 e. The Kier molecular flexibility index (Phi) is 6.98. The monoisotopic (exact) mass is 509 g/mol. The topological polar surface area (TPSA) is 91.0 Å². The summed E-state index contributed by atoms with van der Waals surface area (Å²) in [6, 6.07) is 8.14. The lowest BCUT2D eigenvalue weighted by Gasteiger charge is -2.47. The number of carbonyl (C=O) groups excluding carboxylic acids is 2. The van der Waals surface area contributed by atoms with Gasteiger partial charge in [-0.25, -0.2) is 13.9 Å².